The van der Waals surface area contributed by atoms with Gasteiger partial charge in [0.15, 0.2) is 10.8 Å². The van der Waals surface area contributed by atoms with Crippen LogP contribution >= 0.6 is 11.3 Å². The summed E-state index contributed by atoms with van der Waals surface area (Å²) in [6, 6.07) is 1.86. The summed E-state index contributed by atoms with van der Waals surface area (Å²) in [6.45, 7) is 5.70. The second-order valence-electron chi connectivity index (χ2n) is 6.00. The van der Waals surface area contributed by atoms with Gasteiger partial charge in [0.1, 0.15) is 0 Å². The molecule has 0 fully saturated rings. The topological polar surface area (TPSA) is 85.6 Å². The molecular weight excluding hydrogens is 348 g/mol. The number of carbonyl (C=O) groups is 1. The number of rotatable bonds is 3. The maximum atomic E-state index is 12.7. The average Bonchev–Trinajstić information content (AvgIpc) is 3.19. The molecule has 0 bridgehead atoms. The normalized spacial score (nSPS) is 11.0. The van der Waals surface area contributed by atoms with Crippen LogP contribution in [0.1, 0.15) is 27.3 Å². The third-order valence-electron chi connectivity index (χ3n) is 4.06. The molecule has 4 rings (SSSR count). The minimum atomic E-state index is -0.266. The van der Waals surface area contributed by atoms with Crippen molar-refractivity contribution in [1.82, 2.24) is 24.6 Å². The van der Waals surface area contributed by atoms with Gasteiger partial charge in [-0.05, 0) is 32.4 Å². The Hall–Kier alpha value is -3.13. The smallest absolute Gasteiger partial charge is 0.267 e. The van der Waals surface area contributed by atoms with Crippen molar-refractivity contribution in [2.24, 2.45) is 0 Å². The van der Waals surface area contributed by atoms with E-state index in [4.69, 9.17) is 0 Å². The van der Waals surface area contributed by atoms with E-state index in [1.165, 1.54) is 11.3 Å². The van der Waals surface area contributed by atoms with E-state index in [9.17, 15) is 4.79 Å². The Balaban J connectivity index is 1.64. The van der Waals surface area contributed by atoms with Crippen LogP contribution in [0.4, 0.5) is 0 Å². The summed E-state index contributed by atoms with van der Waals surface area (Å²) in [7, 11) is 0. The molecule has 0 saturated carbocycles. The van der Waals surface area contributed by atoms with Crippen molar-refractivity contribution in [2.45, 2.75) is 20.8 Å². The van der Waals surface area contributed by atoms with E-state index in [-0.39, 0.29) is 5.91 Å². The Bertz CT molecular complexity index is 1130. The summed E-state index contributed by atoms with van der Waals surface area (Å²) in [6.07, 6.45) is 6.90. The van der Waals surface area contributed by atoms with Crippen molar-refractivity contribution >= 4 is 28.1 Å². The molecule has 1 amide bonds. The van der Waals surface area contributed by atoms with Gasteiger partial charge in [0.25, 0.3) is 5.91 Å². The predicted octanol–water partition coefficient (Wildman–Crippen LogP) is 3.26. The maximum Gasteiger partial charge on any atom is 0.273 e. The Morgan fingerprint density at radius 2 is 2.04 bits per heavy atom. The van der Waals surface area contributed by atoms with Crippen molar-refractivity contribution in [3.05, 3.63) is 58.7 Å². The number of thiazole rings is 1. The molecule has 0 atom stereocenters. The SMILES string of the molecule is Cc1csc(-c2ncc(C(=O)Nn3cc(C)c4cnccc43)c(C)n2)n1. The molecular formula is C18H16N6OS. The number of carbonyl (C=O) groups excluding carboxylic acids is 1. The second kappa shape index (κ2) is 6.30. The number of nitrogens with one attached hydrogen (secondary N) is 1. The molecule has 0 aliphatic carbocycles. The van der Waals surface area contributed by atoms with E-state index in [1.807, 2.05) is 31.5 Å². The van der Waals surface area contributed by atoms with Crippen LogP contribution in [0.2, 0.25) is 0 Å². The van der Waals surface area contributed by atoms with Crippen LogP contribution in [0.5, 0.6) is 0 Å². The fraction of sp³-hybridized carbons (Fsp3) is 0.167. The fourth-order valence-corrected chi connectivity index (χ4v) is 3.48. The number of hydrogen-bond donors (Lipinski definition) is 1. The first kappa shape index (κ1) is 16.3. The van der Waals surface area contributed by atoms with Crippen LogP contribution in [0.15, 0.2) is 36.2 Å². The maximum absolute atomic E-state index is 12.7. The number of fused-ring (bicyclic) bond motifs is 1. The van der Waals surface area contributed by atoms with Crippen LogP contribution in [-0.4, -0.2) is 30.5 Å². The molecule has 0 saturated heterocycles. The molecule has 4 aromatic rings. The van der Waals surface area contributed by atoms with Crippen molar-refractivity contribution in [1.29, 1.82) is 0 Å². The summed E-state index contributed by atoms with van der Waals surface area (Å²) in [5, 5.41) is 3.69. The van der Waals surface area contributed by atoms with Crippen molar-refractivity contribution in [3.63, 3.8) is 0 Å². The Labute approximate surface area is 153 Å². The molecule has 0 aliphatic rings. The summed E-state index contributed by atoms with van der Waals surface area (Å²) in [4.78, 5) is 30.0. The number of nitrogens with zero attached hydrogens (tertiary/aromatic N) is 5. The first-order chi connectivity index (χ1) is 12.5. The fourth-order valence-electron chi connectivity index (χ4n) is 2.75. The molecule has 0 radical (unpaired) electrons. The molecule has 4 heterocycles. The van der Waals surface area contributed by atoms with Gasteiger partial charge < -0.3 is 0 Å². The molecule has 8 heteroatoms. The average molecular weight is 364 g/mol. The zero-order valence-corrected chi connectivity index (χ0v) is 15.3. The summed E-state index contributed by atoms with van der Waals surface area (Å²) in [5.74, 6) is 0.267. The van der Waals surface area contributed by atoms with Crippen LogP contribution < -0.4 is 5.43 Å². The molecule has 0 aromatic carbocycles. The predicted molar refractivity (Wildman–Crippen MR) is 101 cm³/mol. The zero-order valence-electron chi connectivity index (χ0n) is 14.5. The van der Waals surface area contributed by atoms with E-state index >= 15 is 0 Å². The lowest BCUT2D eigenvalue weighted by atomic mass is 10.2. The highest BCUT2D eigenvalue weighted by molar-refractivity contribution is 7.13. The van der Waals surface area contributed by atoms with Crippen molar-refractivity contribution < 1.29 is 4.79 Å². The van der Waals surface area contributed by atoms with E-state index in [0.717, 1.165) is 27.2 Å². The molecule has 4 aromatic heterocycles. The third kappa shape index (κ3) is 2.84. The highest BCUT2D eigenvalue weighted by atomic mass is 32.1. The van der Waals surface area contributed by atoms with E-state index in [0.29, 0.717) is 17.1 Å². The molecule has 7 nitrogen and oxygen atoms in total. The lowest BCUT2D eigenvalue weighted by Crippen LogP contribution is -2.23. The largest absolute Gasteiger partial charge is 0.273 e. The van der Waals surface area contributed by atoms with Crippen LogP contribution in [0.3, 0.4) is 0 Å². The minimum Gasteiger partial charge on any atom is -0.267 e. The molecule has 130 valence electrons. The number of aryl methyl sites for hydroxylation is 3. The summed E-state index contributed by atoms with van der Waals surface area (Å²) >= 11 is 1.49. The molecule has 26 heavy (non-hydrogen) atoms. The standard InChI is InChI=1S/C18H16N6OS/c1-10-8-24(15-4-5-19-6-13(10)15)23-17(25)14-7-20-16(22-12(14)3)18-21-11(2)9-26-18/h4-9H,1-3H3,(H,23,25). The third-order valence-corrected chi connectivity index (χ3v) is 5.02. The van der Waals surface area contributed by atoms with Gasteiger partial charge in [-0.15, -0.1) is 11.3 Å². The van der Waals surface area contributed by atoms with Crippen molar-refractivity contribution in [2.75, 3.05) is 5.43 Å². The van der Waals surface area contributed by atoms with E-state index in [1.54, 1.807) is 30.2 Å². The number of pyridine rings is 1. The molecule has 0 aliphatic heterocycles. The lowest BCUT2D eigenvalue weighted by molar-refractivity contribution is 0.101. The summed E-state index contributed by atoms with van der Waals surface area (Å²) in [5.41, 5.74) is 6.77. The molecule has 0 spiro atoms. The van der Waals surface area contributed by atoms with Gasteiger partial charge in [0.2, 0.25) is 0 Å². The van der Waals surface area contributed by atoms with E-state index < -0.39 is 0 Å². The highest BCUT2D eigenvalue weighted by Crippen LogP contribution is 2.21. The van der Waals surface area contributed by atoms with Crippen LogP contribution in [-0.2, 0) is 0 Å². The van der Waals surface area contributed by atoms with Crippen molar-refractivity contribution in [3.8, 4) is 10.8 Å². The molecule has 0 unspecified atom stereocenters. The quantitative estimate of drug-likeness (QED) is 0.603. The number of amides is 1. The van der Waals surface area contributed by atoms with Gasteiger partial charge in [0, 0.05) is 41.2 Å². The van der Waals surface area contributed by atoms with Gasteiger partial charge in [0.05, 0.1) is 16.8 Å². The van der Waals surface area contributed by atoms with Gasteiger partial charge >= 0.3 is 0 Å². The highest BCUT2D eigenvalue weighted by Gasteiger charge is 2.15. The Kier molecular flexibility index (Phi) is 3.96. The number of hydrogen-bond acceptors (Lipinski definition) is 6. The molecule has 1 N–H and O–H groups in total. The lowest BCUT2D eigenvalue weighted by Gasteiger charge is -2.09. The van der Waals surface area contributed by atoms with Crippen LogP contribution in [0, 0.1) is 20.8 Å². The van der Waals surface area contributed by atoms with Gasteiger partial charge in [-0.25, -0.2) is 15.0 Å². The van der Waals surface area contributed by atoms with Gasteiger partial charge in [-0.1, -0.05) is 0 Å². The summed E-state index contributed by atoms with van der Waals surface area (Å²) < 4.78 is 1.70. The minimum absolute atomic E-state index is 0.266. The van der Waals surface area contributed by atoms with Crippen LogP contribution in [0.25, 0.3) is 21.7 Å². The van der Waals surface area contributed by atoms with E-state index in [2.05, 4.69) is 25.4 Å². The van der Waals surface area contributed by atoms with Gasteiger partial charge in [-0.3, -0.25) is 19.9 Å². The Morgan fingerprint density at radius 3 is 2.77 bits per heavy atom. The number of aromatic nitrogens is 5. The second-order valence-corrected chi connectivity index (χ2v) is 6.86. The zero-order chi connectivity index (χ0) is 18.3. The monoisotopic (exact) mass is 364 g/mol. The first-order valence-electron chi connectivity index (χ1n) is 8.02. The Morgan fingerprint density at radius 1 is 1.19 bits per heavy atom. The first-order valence-corrected chi connectivity index (χ1v) is 8.90. The van der Waals surface area contributed by atoms with Gasteiger partial charge in [-0.2, -0.15) is 0 Å².